The summed E-state index contributed by atoms with van der Waals surface area (Å²) in [5, 5.41) is 30.1. The molecule has 1 rings (SSSR count). The van der Waals surface area contributed by atoms with Crippen LogP contribution >= 0.6 is 0 Å². The molecule has 0 saturated carbocycles. The van der Waals surface area contributed by atoms with Crippen molar-refractivity contribution in [2.24, 2.45) is 5.73 Å². The van der Waals surface area contributed by atoms with Gasteiger partial charge in [-0.3, -0.25) is 10.1 Å². The van der Waals surface area contributed by atoms with Crippen LogP contribution in [0.1, 0.15) is 11.7 Å². The molecule has 6 N–H and O–H groups in total. The molecular formula is C10H15N3O5. The van der Waals surface area contributed by atoms with Crippen LogP contribution < -0.4 is 16.2 Å². The minimum absolute atomic E-state index is 0.0130. The fourth-order valence-corrected chi connectivity index (χ4v) is 1.48. The molecule has 8 nitrogen and oxygen atoms in total. The van der Waals surface area contributed by atoms with Gasteiger partial charge in [0.2, 0.25) is 0 Å². The molecule has 0 heterocycles. The van der Waals surface area contributed by atoms with Crippen molar-refractivity contribution in [3.8, 4) is 5.75 Å². The Kier molecular flexibility index (Phi) is 4.43. The number of hydrogen-bond donors (Lipinski definition) is 4. The van der Waals surface area contributed by atoms with Gasteiger partial charge in [-0.25, -0.2) is 0 Å². The Labute approximate surface area is 103 Å². The summed E-state index contributed by atoms with van der Waals surface area (Å²) in [6, 6.07) is 2.46. The zero-order valence-electron chi connectivity index (χ0n) is 9.74. The molecule has 0 aliphatic carbocycles. The average Bonchev–Trinajstić information content (AvgIpc) is 2.36. The largest absolute Gasteiger partial charge is 0.496 e. The maximum absolute atomic E-state index is 10.8. The van der Waals surface area contributed by atoms with E-state index in [1.54, 1.807) is 0 Å². The van der Waals surface area contributed by atoms with Gasteiger partial charge in [-0.1, -0.05) is 0 Å². The quantitative estimate of drug-likeness (QED) is 0.317. The summed E-state index contributed by atoms with van der Waals surface area (Å²) in [5.41, 5.74) is 10.2. The number of hydrogen-bond acceptors (Lipinski definition) is 7. The first-order valence-corrected chi connectivity index (χ1v) is 5.10. The lowest BCUT2D eigenvalue weighted by molar-refractivity contribution is -0.384. The van der Waals surface area contributed by atoms with E-state index in [2.05, 4.69) is 0 Å². The summed E-state index contributed by atoms with van der Waals surface area (Å²) >= 11 is 0. The number of anilines is 1. The second-order valence-corrected chi connectivity index (χ2v) is 3.65. The fraction of sp³-hybridized carbons (Fsp3) is 0.400. The van der Waals surface area contributed by atoms with E-state index >= 15 is 0 Å². The Bertz CT molecular complexity index is 451. The van der Waals surface area contributed by atoms with Crippen molar-refractivity contribution in [2.75, 3.05) is 19.4 Å². The normalized spacial score (nSPS) is 14.0. The number of rotatable bonds is 5. The molecule has 0 saturated heterocycles. The van der Waals surface area contributed by atoms with Crippen molar-refractivity contribution in [2.45, 2.75) is 12.2 Å². The first-order valence-electron chi connectivity index (χ1n) is 5.10. The van der Waals surface area contributed by atoms with Crippen LogP contribution in [-0.4, -0.2) is 34.9 Å². The molecule has 18 heavy (non-hydrogen) atoms. The number of methoxy groups -OCH3 is 1. The van der Waals surface area contributed by atoms with Gasteiger partial charge in [0.15, 0.2) is 0 Å². The molecule has 0 amide bonds. The van der Waals surface area contributed by atoms with Crippen LogP contribution in [0, 0.1) is 10.1 Å². The lowest BCUT2D eigenvalue weighted by atomic mass is 10.0. The van der Waals surface area contributed by atoms with E-state index in [0.29, 0.717) is 0 Å². The third-order valence-corrected chi connectivity index (χ3v) is 2.52. The van der Waals surface area contributed by atoms with Gasteiger partial charge in [-0.15, -0.1) is 0 Å². The number of nitro benzene ring substituents is 1. The molecule has 2 unspecified atom stereocenters. The van der Waals surface area contributed by atoms with Crippen LogP contribution in [0.5, 0.6) is 5.75 Å². The van der Waals surface area contributed by atoms with Crippen LogP contribution in [0.3, 0.4) is 0 Å². The molecule has 0 aliphatic heterocycles. The maximum Gasteiger partial charge on any atom is 0.296 e. The van der Waals surface area contributed by atoms with Crippen molar-refractivity contribution in [3.63, 3.8) is 0 Å². The second-order valence-electron chi connectivity index (χ2n) is 3.65. The summed E-state index contributed by atoms with van der Waals surface area (Å²) in [5.74, 6) is 0.161. The molecule has 0 fully saturated rings. The number of nitro groups is 1. The zero-order chi connectivity index (χ0) is 13.9. The van der Waals surface area contributed by atoms with Gasteiger partial charge in [0.1, 0.15) is 17.5 Å². The van der Waals surface area contributed by atoms with Crippen molar-refractivity contribution in [1.29, 1.82) is 0 Å². The maximum atomic E-state index is 10.8. The minimum Gasteiger partial charge on any atom is -0.496 e. The van der Waals surface area contributed by atoms with Gasteiger partial charge >= 0.3 is 0 Å². The molecule has 2 atom stereocenters. The summed E-state index contributed by atoms with van der Waals surface area (Å²) in [4.78, 5) is 10.1. The molecule has 100 valence electrons. The molecule has 0 aromatic heterocycles. The van der Waals surface area contributed by atoms with Crippen LogP contribution in [0.2, 0.25) is 0 Å². The number of aliphatic hydroxyl groups excluding tert-OH is 2. The highest BCUT2D eigenvalue weighted by atomic mass is 16.6. The van der Waals surface area contributed by atoms with Crippen molar-refractivity contribution in [1.82, 2.24) is 0 Å². The smallest absolute Gasteiger partial charge is 0.296 e. The van der Waals surface area contributed by atoms with E-state index in [9.17, 15) is 20.3 Å². The molecule has 0 spiro atoms. The standard InChI is InChI=1S/C10H15N3O5/c1-18-5-2-6(10(15)8(14)4-11)9(12)7(3-5)13(16)17/h2-3,8,10,14-15H,4,11-12H2,1H3. The van der Waals surface area contributed by atoms with Crippen LogP contribution in [-0.2, 0) is 0 Å². The molecule has 1 aromatic carbocycles. The Hall–Kier alpha value is -1.90. The second kappa shape index (κ2) is 5.63. The first-order chi connectivity index (χ1) is 8.42. The Morgan fingerprint density at radius 2 is 2.11 bits per heavy atom. The lowest BCUT2D eigenvalue weighted by Gasteiger charge is -2.18. The number of nitrogens with two attached hydrogens (primary N) is 2. The van der Waals surface area contributed by atoms with E-state index in [1.807, 2.05) is 0 Å². The average molecular weight is 257 g/mol. The Morgan fingerprint density at radius 3 is 2.56 bits per heavy atom. The summed E-state index contributed by atoms with van der Waals surface area (Å²) < 4.78 is 4.88. The van der Waals surface area contributed by atoms with Crippen molar-refractivity contribution in [3.05, 3.63) is 27.8 Å². The molecule has 8 heteroatoms. The predicted molar refractivity (Wildman–Crippen MR) is 64.1 cm³/mol. The summed E-state index contributed by atoms with van der Waals surface area (Å²) in [7, 11) is 1.32. The van der Waals surface area contributed by atoms with Crippen molar-refractivity contribution < 1.29 is 19.9 Å². The lowest BCUT2D eigenvalue weighted by Crippen LogP contribution is -2.27. The van der Waals surface area contributed by atoms with Crippen LogP contribution in [0.25, 0.3) is 0 Å². The SMILES string of the molecule is COc1cc(C(O)C(O)CN)c(N)c([N+](=O)[O-])c1. The molecule has 0 bridgehead atoms. The Morgan fingerprint density at radius 1 is 1.50 bits per heavy atom. The van der Waals surface area contributed by atoms with E-state index in [1.165, 1.54) is 13.2 Å². The van der Waals surface area contributed by atoms with Gasteiger partial charge in [0.25, 0.3) is 5.69 Å². The minimum atomic E-state index is -1.41. The predicted octanol–water partition coefficient (Wildman–Crippen LogP) is -0.461. The monoisotopic (exact) mass is 257 g/mol. The van der Waals surface area contributed by atoms with E-state index in [4.69, 9.17) is 16.2 Å². The summed E-state index contributed by atoms with van der Waals surface area (Å²) in [6.45, 7) is -0.203. The van der Waals surface area contributed by atoms with E-state index in [-0.39, 0.29) is 23.5 Å². The Balaban J connectivity index is 3.34. The van der Waals surface area contributed by atoms with Crippen LogP contribution in [0.15, 0.2) is 12.1 Å². The first kappa shape index (κ1) is 14.2. The highest BCUT2D eigenvalue weighted by Crippen LogP contribution is 2.35. The third-order valence-electron chi connectivity index (χ3n) is 2.52. The van der Waals surface area contributed by atoms with Crippen LogP contribution in [0.4, 0.5) is 11.4 Å². The van der Waals surface area contributed by atoms with E-state index < -0.39 is 22.8 Å². The highest BCUT2D eigenvalue weighted by Gasteiger charge is 2.25. The number of nitrogen functional groups attached to an aromatic ring is 1. The zero-order valence-corrected chi connectivity index (χ0v) is 9.74. The molecule has 0 aliphatic rings. The highest BCUT2D eigenvalue weighted by molar-refractivity contribution is 5.66. The van der Waals surface area contributed by atoms with Gasteiger partial charge in [0, 0.05) is 12.1 Å². The van der Waals surface area contributed by atoms with Crippen molar-refractivity contribution >= 4 is 11.4 Å². The number of aliphatic hydroxyl groups is 2. The topological polar surface area (TPSA) is 145 Å². The van der Waals surface area contributed by atoms with E-state index in [0.717, 1.165) is 6.07 Å². The van der Waals surface area contributed by atoms with Gasteiger partial charge in [-0.05, 0) is 6.07 Å². The molecule has 1 aromatic rings. The number of nitrogens with zero attached hydrogens (tertiary/aromatic N) is 1. The third kappa shape index (κ3) is 2.67. The van der Waals surface area contributed by atoms with Gasteiger partial charge < -0.3 is 26.4 Å². The van der Waals surface area contributed by atoms with Gasteiger partial charge in [0.05, 0.1) is 24.2 Å². The molecular weight excluding hydrogens is 242 g/mol. The van der Waals surface area contributed by atoms with Gasteiger partial charge in [-0.2, -0.15) is 0 Å². The fourth-order valence-electron chi connectivity index (χ4n) is 1.48. The summed E-state index contributed by atoms with van der Waals surface area (Å²) in [6.07, 6.45) is -2.68. The number of benzene rings is 1. The molecule has 0 radical (unpaired) electrons. The number of ether oxygens (including phenoxy) is 1.